The van der Waals surface area contributed by atoms with Crippen LogP contribution in [0.4, 0.5) is 0 Å². The van der Waals surface area contributed by atoms with Gasteiger partial charge in [-0.25, -0.2) is 0 Å². The van der Waals surface area contributed by atoms with Crippen molar-refractivity contribution in [1.82, 2.24) is 9.80 Å². The van der Waals surface area contributed by atoms with Crippen LogP contribution in [0.15, 0.2) is 66.0 Å². The number of nitrogens with zero attached hydrogens (tertiary/aromatic N) is 2. The Kier molecular flexibility index (Phi) is 8.43. The Morgan fingerprint density at radius 3 is 2.73 bits per heavy atom. The molecule has 6 heteroatoms. The molecule has 0 unspecified atom stereocenters. The Balaban J connectivity index is 1.26. The highest BCUT2D eigenvalue weighted by Crippen LogP contribution is 2.24. The fourth-order valence-electron chi connectivity index (χ4n) is 4.40. The van der Waals surface area contributed by atoms with Gasteiger partial charge in [-0.05, 0) is 73.7 Å². The average Bonchev–Trinajstić information content (AvgIpc) is 3.33. The van der Waals surface area contributed by atoms with E-state index < -0.39 is 0 Å². The van der Waals surface area contributed by atoms with Gasteiger partial charge in [-0.1, -0.05) is 35.9 Å². The summed E-state index contributed by atoms with van der Waals surface area (Å²) in [6.07, 6.45) is 4.05. The number of benzene rings is 2. The molecule has 0 bridgehead atoms. The smallest absolute Gasteiger partial charge is 0.254 e. The van der Waals surface area contributed by atoms with Crippen molar-refractivity contribution in [3.63, 3.8) is 0 Å². The second kappa shape index (κ2) is 11.7. The van der Waals surface area contributed by atoms with Crippen LogP contribution >= 0.6 is 22.9 Å². The first kappa shape index (κ1) is 23.8. The quantitative estimate of drug-likeness (QED) is 0.349. The third-order valence-corrected chi connectivity index (χ3v) is 7.16. The number of halogens is 1. The zero-order valence-corrected chi connectivity index (χ0v) is 20.7. The molecule has 4 nitrogen and oxygen atoms in total. The standard InChI is InChI=1S/C27H31ClN2O2S/c1-29(20-26-9-5-17-33-26)19-21-10-12-25(13-11-21)32-16-14-24-8-2-3-15-30(24)27(31)22-6-4-7-23(28)18-22/h4-7,9-13,17-18,24H,2-3,8,14-16,19-20H2,1H3/t24-/m0/s1. The van der Waals surface area contributed by atoms with E-state index in [1.807, 2.05) is 29.2 Å². The number of carbonyl (C=O) groups is 1. The van der Waals surface area contributed by atoms with Crippen LogP contribution in [0.3, 0.4) is 0 Å². The van der Waals surface area contributed by atoms with Crippen LogP contribution in [0.25, 0.3) is 0 Å². The first-order valence-corrected chi connectivity index (χ1v) is 12.8. The lowest BCUT2D eigenvalue weighted by Gasteiger charge is -2.36. The molecule has 1 aromatic heterocycles. The number of piperidine rings is 1. The number of hydrogen-bond acceptors (Lipinski definition) is 4. The molecule has 0 N–H and O–H groups in total. The molecule has 1 aliphatic heterocycles. The van der Waals surface area contributed by atoms with E-state index in [0.717, 1.165) is 51.1 Å². The first-order valence-electron chi connectivity index (χ1n) is 11.6. The van der Waals surface area contributed by atoms with Gasteiger partial charge in [0.15, 0.2) is 0 Å². The molecule has 0 aliphatic carbocycles. The number of amides is 1. The molecule has 0 radical (unpaired) electrons. The monoisotopic (exact) mass is 482 g/mol. The molecule has 1 saturated heterocycles. The normalized spacial score (nSPS) is 16.2. The Bertz CT molecular complexity index is 1020. The molecule has 4 rings (SSSR count). The van der Waals surface area contributed by atoms with Crippen molar-refractivity contribution >= 4 is 28.8 Å². The lowest BCUT2D eigenvalue weighted by Crippen LogP contribution is -2.44. The first-order chi connectivity index (χ1) is 16.1. The highest BCUT2D eigenvalue weighted by molar-refractivity contribution is 7.09. The van der Waals surface area contributed by atoms with Crippen LogP contribution in [0, 0.1) is 0 Å². The van der Waals surface area contributed by atoms with E-state index >= 15 is 0 Å². The van der Waals surface area contributed by atoms with E-state index in [1.165, 1.54) is 10.4 Å². The summed E-state index contributed by atoms with van der Waals surface area (Å²) in [5.41, 5.74) is 1.93. The molecule has 2 aromatic carbocycles. The predicted octanol–water partition coefficient (Wildman–Crippen LogP) is 6.50. The molecule has 2 heterocycles. The number of likely N-dealkylation sites (tertiary alicyclic amines) is 1. The summed E-state index contributed by atoms with van der Waals surface area (Å²) in [7, 11) is 2.14. The van der Waals surface area contributed by atoms with Gasteiger partial charge in [-0.15, -0.1) is 11.3 Å². The van der Waals surface area contributed by atoms with Crippen LogP contribution in [-0.2, 0) is 13.1 Å². The third-order valence-electron chi connectivity index (χ3n) is 6.06. The van der Waals surface area contributed by atoms with Gasteiger partial charge < -0.3 is 9.64 Å². The number of thiophene rings is 1. The highest BCUT2D eigenvalue weighted by Gasteiger charge is 2.27. The largest absolute Gasteiger partial charge is 0.494 e. The third kappa shape index (κ3) is 6.83. The van der Waals surface area contributed by atoms with E-state index in [0.29, 0.717) is 17.2 Å². The zero-order valence-electron chi connectivity index (χ0n) is 19.1. The number of hydrogen-bond donors (Lipinski definition) is 0. The highest BCUT2D eigenvalue weighted by atomic mass is 35.5. The maximum atomic E-state index is 13.0. The van der Waals surface area contributed by atoms with Crippen LogP contribution in [0.2, 0.25) is 5.02 Å². The van der Waals surface area contributed by atoms with Crippen LogP contribution < -0.4 is 4.74 Å². The van der Waals surface area contributed by atoms with Crippen LogP contribution in [0.5, 0.6) is 5.75 Å². The molecule has 0 saturated carbocycles. The van der Waals surface area contributed by atoms with E-state index in [9.17, 15) is 4.79 Å². The summed E-state index contributed by atoms with van der Waals surface area (Å²) < 4.78 is 6.04. The summed E-state index contributed by atoms with van der Waals surface area (Å²) in [5, 5.41) is 2.72. The van der Waals surface area contributed by atoms with Gasteiger partial charge in [-0.3, -0.25) is 9.69 Å². The summed E-state index contributed by atoms with van der Waals surface area (Å²) in [6, 6.07) is 20.1. The van der Waals surface area contributed by atoms with E-state index in [1.54, 1.807) is 23.5 Å². The van der Waals surface area contributed by atoms with Gasteiger partial charge in [0.1, 0.15) is 5.75 Å². The van der Waals surface area contributed by atoms with Crippen molar-refractivity contribution in [3.05, 3.63) is 87.1 Å². The second-order valence-corrected chi connectivity index (χ2v) is 10.2. The SMILES string of the molecule is CN(Cc1ccc(OCC[C@@H]2CCCCN2C(=O)c2cccc(Cl)c2)cc1)Cc1cccs1. The Labute approximate surface area is 205 Å². The van der Waals surface area contributed by atoms with Crippen molar-refractivity contribution in [1.29, 1.82) is 0 Å². The average molecular weight is 483 g/mol. The summed E-state index contributed by atoms with van der Waals surface area (Å²) in [6.45, 7) is 3.26. The fraction of sp³-hybridized carbons (Fsp3) is 0.370. The van der Waals surface area contributed by atoms with Crippen molar-refractivity contribution in [2.24, 2.45) is 0 Å². The van der Waals surface area contributed by atoms with E-state index in [4.69, 9.17) is 16.3 Å². The topological polar surface area (TPSA) is 32.8 Å². The van der Waals surface area contributed by atoms with Crippen LogP contribution in [0.1, 0.15) is 46.5 Å². The molecular weight excluding hydrogens is 452 g/mol. The minimum atomic E-state index is 0.0678. The van der Waals surface area contributed by atoms with E-state index in [-0.39, 0.29) is 11.9 Å². The molecule has 1 atom stereocenters. The molecule has 3 aromatic rings. The Morgan fingerprint density at radius 2 is 1.97 bits per heavy atom. The summed E-state index contributed by atoms with van der Waals surface area (Å²) >= 11 is 7.89. The van der Waals surface area contributed by atoms with Gasteiger partial charge >= 0.3 is 0 Å². The molecule has 174 valence electrons. The van der Waals surface area contributed by atoms with Crippen molar-refractivity contribution in [2.75, 3.05) is 20.2 Å². The maximum absolute atomic E-state index is 13.0. The minimum Gasteiger partial charge on any atom is -0.494 e. The predicted molar refractivity (Wildman–Crippen MR) is 136 cm³/mol. The minimum absolute atomic E-state index is 0.0678. The van der Waals surface area contributed by atoms with Gasteiger partial charge in [0.25, 0.3) is 5.91 Å². The lowest BCUT2D eigenvalue weighted by molar-refractivity contribution is 0.0580. The molecule has 1 aliphatic rings. The van der Waals surface area contributed by atoms with Gasteiger partial charge in [0, 0.05) is 47.6 Å². The summed E-state index contributed by atoms with van der Waals surface area (Å²) in [4.78, 5) is 18.7. The Morgan fingerprint density at radius 1 is 1.12 bits per heavy atom. The maximum Gasteiger partial charge on any atom is 0.254 e. The lowest BCUT2D eigenvalue weighted by atomic mass is 9.98. The molecule has 0 spiro atoms. The molecule has 1 fully saturated rings. The summed E-state index contributed by atoms with van der Waals surface area (Å²) in [5.74, 6) is 0.946. The Hall–Kier alpha value is -2.34. The number of carbonyl (C=O) groups excluding carboxylic acids is 1. The van der Waals surface area contributed by atoms with Gasteiger partial charge in [-0.2, -0.15) is 0 Å². The van der Waals surface area contributed by atoms with E-state index in [2.05, 4.69) is 41.6 Å². The second-order valence-electron chi connectivity index (χ2n) is 8.69. The zero-order chi connectivity index (χ0) is 23.0. The molecule has 1 amide bonds. The fourth-order valence-corrected chi connectivity index (χ4v) is 5.37. The van der Waals surface area contributed by atoms with Gasteiger partial charge in [0.05, 0.1) is 6.61 Å². The van der Waals surface area contributed by atoms with Crippen LogP contribution in [-0.4, -0.2) is 41.9 Å². The number of rotatable bonds is 9. The number of ether oxygens (including phenoxy) is 1. The van der Waals surface area contributed by atoms with Crippen molar-refractivity contribution in [2.45, 2.75) is 44.8 Å². The molecule has 33 heavy (non-hydrogen) atoms. The van der Waals surface area contributed by atoms with Gasteiger partial charge in [0.2, 0.25) is 0 Å². The molecular formula is C27H31ClN2O2S. The van der Waals surface area contributed by atoms with Crippen molar-refractivity contribution in [3.8, 4) is 5.75 Å². The van der Waals surface area contributed by atoms with Crippen molar-refractivity contribution < 1.29 is 9.53 Å².